The molecule has 0 aromatic carbocycles. The molecule has 1 aliphatic rings. The molecule has 1 saturated heterocycles. The zero-order chi connectivity index (χ0) is 9.68. The molecule has 0 saturated carbocycles. The third-order valence-corrected chi connectivity index (χ3v) is 2.54. The summed E-state index contributed by atoms with van der Waals surface area (Å²) in [5, 5.41) is 3.53. The molecule has 2 heteroatoms. The quantitative estimate of drug-likeness (QED) is 0.709. The maximum Gasteiger partial charge on any atom is 0.0700 e. The summed E-state index contributed by atoms with van der Waals surface area (Å²) >= 11 is 0. The number of hydrogen-bond acceptors (Lipinski definition) is 2. The molecule has 13 heavy (non-hydrogen) atoms. The Morgan fingerprint density at radius 3 is 2.69 bits per heavy atom. The third-order valence-electron chi connectivity index (χ3n) is 2.54. The minimum absolute atomic E-state index is 0.481. The van der Waals surface area contributed by atoms with Crippen LogP contribution in [0.15, 0.2) is 0 Å². The standard InChI is InChI=1S/C11H23NO/c1-9(2)7-10(3)12-8-11-5-4-6-13-11/h9-12H,4-8H2,1-3H3/t10-,11-/m1/s1. The van der Waals surface area contributed by atoms with Gasteiger partial charge in [-0.15, -0.1) is 0 Å². The van der Waals surface area contributed by atoms with Crippen molar-refractivity contribution in [3.63, 3.8) is 0 Å². The molecule has 1 aliphatic heterocycles. The van der Waals surface area contributed by atoms with E-state index in [2.05, 4.69) is 26.1 Å². The molecule has 0 aromatic rings. The number of nitrogens with one attached hydrogen (secondary N) is 1. The summed E-state index contributed by atoms with van der Waals surface area (Å²) in [4.78, 5) is 0. The van der Waals surface area contributed by atoms with Crippen LogP contribution in [0.4, 0.5) is 0 Å². The summed E-state index contributed by atoms with van der Waals surface area (Å²) in [6, 6.07) is 0.629. The van der Waals surface area contributed by atoms with Gasteiger partial charge in [0.05, 0.1) is 6.10 Å². The van der Waals surface area contributed by atoms with E-state index in [1.54, 1.807) is 0 Å². The summed E-state index contributed by atoms with van der Waals surface area (Å²) in [5.41, 5.74) is 0. The molecule has 2 nitrogen and oxygen atoms in total. The first-order valence-corrected chi connectivity index (χ1v) is 5.53. The average molecular weight is 185 g/mol. The smallest absolute Gasteiger partial charge is 0.0700 e. The Morgan fingerprint density at radius 2 is 2.15 bits per heavy atom. The van der Waals surface area contributed by atoms with E-state index in [1.807, 2.05) is 0 Å². The van der Waals surface area contributed by atoms with Crippen LogP contribution in [0.2, 0.25) is 0 Å². The van der Waals surface area contributed by atoms with Crippen LogP contribution in [0.1, 0.15) is 40.0 Å². The Kier molecular flexibility index (Phi) is 4.74. The molecule has 0 aliphatic carbocycles. The van der Waals surface area contributed by atoms with Crippen LogP contribution in [-0.2, 0) is 4.74 Å². The SMILES string of the molecule is CC(C)C[C@@H](C)NC[C@H]1CCCO1. The molecule has 2 atom stereocenters. The van der Waals surface area contributed by atoms with Gasteiger partial charge in [-0.05, 0) is 32.1 Å². The first-order valence-electron chi connectivity index (χ1n) is 5.53. The van der Waals surface area contributed by atoms with Gasteiger partial charge in [0, 0.05) is 19.2 Å². The lowest BCUT2D eigenvalue weighted by atomic mass is 10.1. The van der Waals surface area contributed by atoms with Gasteiger partial charge < -0.3 is 10.1 Å². The van der Waals surface area contributed by atoms with Crippen molar-refractivity contribution in [1.82, 2.24) is 5.32 Å². The number of ether oxygens (including phenoxy) is 1. The van der Waals surface area contributed by atoms with Crippen molar-refractivity contribution < 1.29 is 4.74 Å². The first-order chi connectivity index (χ1) is 6.18. The van der Waals surface area contributed by atoms with Crippen molar-refractivity contribution in [2.45, 2.75) is 52.2 Å². The van der Waals surface area contributed by atoms with Crippen molar-refractivity contribution in [2.24, 2.45) is 5.92 Å². The normalized spacial score (nSPS) is 25.4. The van der Waals surface area contributed by atoms with Crippen molar-refractivity contribution >= 4 is 0 Å². The fraction of sp³-hybridized carbons (Fsp3) is 1.00. The second-order valence-electron chi connectivity index (χ2n) is 4.57. The van der Waals surface area contributed by atoms with E-state index in [9.17, 15) is 0 Å². The topological polar surface area (TPSA) is 21.3 Å². The molecular formula is C11H23NO. The van der Waals surface area contributed by atoms with Gasteiger partial charge in [0.25, 0.3) is 0 Å². The highest BCUT2D eigenvalue weighted by Gasteiger charge is 2.15. The lowest BCUT2D eigenvalue weighted by molar-refractivity contribution is 0.107. The Bertz CT molecular complexity index is 130. The van der Waals surface area contributed by atoms with Crippen molar-refractivity contribution in [3.05, 3.63) is 0 Å². The Labute approximate surface area is 82.0 Å². The summed E-state index contributed by atoms with van der Waals surface area (Å²) in [7, 11) is 0. The summed E-state index contributed by atoms with van der Waals surface area (Å²) in [6.45, 7) is 8.79. The summed E-state index contributed by atoms with van der Waals surface area (Å²) < 4.78 is 5.55. The van der Waals surface area contributed by atoms with Gasteiger partial charge >= 0.3 is 0 Å². The van der Waals surface area contributed by atoms with E-state index in [4.69, 9.17) is 4.74 Å². The molecule has 1 heterocycles. The minimum atomic E-state index is 0.481. The van der Waals surface area contributed by atoms with Gasteiger partial charge in [-0.2, -0.15) is 0 Å². The second-order valence-corrected chi connectivity index (χ2v) is 4.57. The molecule has 0 bridgehead atoms. The number of rotatable bonds is 5. The summed E-state index contributed by atoms with van der Waals surface area (Å²) in [5.74, 6) is 0.784. The van der Waals surface area contributed by atoms with Gasteiger partial charge in [-0.3, -0.25) is 0 Å². The molecule has 0 amide bonds. The zero-order valence-corrected chi connectivity index (χ0v) is 9.18. The fourth-order valence-electron chi connectivity index (χ4n) is 1.93. The Balaban J connectivity index is 2.03. The minimum Gasteiger partial charge on any atom is -0.377 e. The predicted octanol–water partition coefficient (Wildman–Crippen LogP) is 2.19. The van der Waals surface area contributed by atoms with Crippen LogP contribution in [0.3, 0.4) is 0 Å². The molecule has 0 unspecified atom stereocenters. The van der Waals surface area contributed by atoms with E-state index in [-0.39, 0.29) is 0 Å². The molecule has 1 N–H and O–H groups in total. The Morgan fingerprint density at radius 1 is 1.38 bits per heavy atom. The first kappa shape index (κ1) is 11.0. The molecule has 1 fully saturated rings. The van der Waals surface area contributed by atoms with Gasteiger partial charge in [-0.1, -0.05) is 13.8 Å². The third kappa shape index (κ3) is 4.63. The van der Waals surface area contributed by atoms with Crippen LogP contribution in [0, 0.1) is 5.92 Å². The highest BCUT2D eigenvalue weighted by molar-refractivity contribution is 4.70. The Hall–Kier alpha value is -0.0800. The van der Waals surface area contributed by atoms with Crippen molar-refractivity contribution in [3.8, 4) is 0 Å². The van der Waals surface area contributed by atoms with Gasteiger partial charge in [0.2, 0.25) is 0 Å². The van der Waals surface area contributed by atoms with E-state index in [0.29, 0.717) is 12.1 Å². The zero-order valence-electron chi connectivity index (χ0n) is 9.18. The van der Waals surface area contributed by atoms with E-state index >= 15 is 0 Å². The largest absolute Gasteiger partial charge is 0.377 e. The highest BCUT2D eigenvalue weighted by atomic mass is 16.5. The molecule has 0 aromatic heterocycles. The lowest BCUT2D eigenvalue weighted by Gasteiger charge is -2.18. The van der Waals surface area contributed by atoms with Crippen LogP contribution < -0.4 is 5.32 Å². The molecular weight excluding hydrogens is 162 g/mol. The van der Waals surface area contributed by atoms with Crippen LogP contribution >= 0.6 is 0 Å². The van der Waals surface area contributed by atoms with Crippen LogP contribution in [0.25, 0.3) is 0 Å². The van der Waals surface area contributed by atoms with E-state index in [1.165, 1.54) is 19.3 Å². The van der Waals surface area contributed by atoms with Gasteiger partial charge in [0.15, 0.2) is 0 Å². The highest BCUT2D eigenvalue weighted by Crippen LogP contribution is 2.11. The van der Waals surface area contributed by atoms with Crippen LogP contribution in [-0.4, -0.2) is 25.3 Å². The molecule has 0 spiro atoms. The maximum absolute atomic E-state index is 5.55. The summed E-state index contributed by atoms with van der Waals surface area (Å²) in [6.07, 6.45) is 4.22. The monoisotopic (exact) mass is 185 g/mol. The molecule has 78 valence electrons. The van der Waals surface area contributed by atoms with E-state index in [0.717, 1.165) is 19.1 Å². The molecule has 0 radical (unpaired) electrons. The predicted molar refractivity (Wildman–Crippen MR) is 55.9 cm³/mol. The van der Waals surface area contributed by atoms with Gasteiger partial charge in [-0.25, -0.2) is 0 Å². The van der Waals surface area contributed by atoms with Crippen molar-refractivity contribution in [2.75, 3.05) is 13.2 Å². The fourth-order valence-corrected chi connectivity index (χ4v) is 1.93. The maximum atomic E-state index is 5.55. The number of hydrogen-bond donors (Lipinski definition) is 1. The van der Waals surface area contributed by atoms with Crippen molar-refractivity contribution in [1.29, 1.82) is 0 Å². The lowest BCUT2D eigenvalue weighted by Crippen LogP contribution is -2.34. The molecule has 1 rings (SSSR count). The van der Waals surface area contributed by atoms with E-state index < -0.39 is 0 Å². The second kappa shape index (κ2) is 5.61. The van der Waals surface area contributed by atoms with Gasteiger partial charge in [0.1, 0.15) is 0 Å². The average Bonchev–Trinajstić information content (AvgIpc) is 2.51. The van der Waals surface area contributed by atoms with Crippen LogP contribution in [0.5, 0.6) is 0 Å².